The van der Waals surface area contributed by atoms with Crippen LogP contribution < -0.4 is 9.57 Å². The first kappa shape index (κ1) is 19.5. The van der Waals surface area contributed by atoms with Crippen molar-refractivity contribution in [3.05, 3.63) is 95.6 Å². The van der Waals surface area contributed by atoms with E-state index in [2.05, 4.69) is 9.93 Å². The number of benzene rings is 3. The summed E-state index contributed by atoms with van der Waals surface area (Å²) in [5, 5.41) is 3.70. The smallest absolute Gasteiger partial charge is 0.276 e. The molecule has 144 valence electrons. The lowest BCUT2D eigenvalue weighted by Crippen LogP contribution is -2.18. The summed E-state index contributed by atoms with van der Waals surface area (Å²) in [5.74, 6) is -0.327. The van der Waals surface area contributed by atoms with E-state index in [0.29, 0.717) is 16.9 Å². The molecular formula is C20H16F2N2O3S. The van der Waals surface area contributed by atoms with Crippen LogP contribution in [0, 0.1) is 11.6 Å². The molecule has 3 aromatic carbocycles. The molecule has 0 unspecified atom stereocenters. The number of nitrogens with one attached hydrogen (secondary N) is 1. The number of ether oxygens (including phenoxy) is 1. The highest BCUT2D eigenvalue weighted by Gasteiger charge is 2.12. The van der Waals surface area contributed by atoms with Crippen LogP contribution in [-0.4, -0.2) is 14.6 Å². The minimum atomic E-state index is -3.87. The summed E-state index contributed by atoms with van der Waals surface area (Å²) in [7, 11) is -3.87. The molecule has 0 aliphatic carbocycles. The first-order valence-electron chi connectivity index (χ1n) is 8.21. The monoisotopic (exact) mass is 402 g/mol. The van der Waals surface area contributed by atoms with Gasteiger partial charge < -0.3 is 4.74 Å². The molecule has 0 saturated heterocycles. The molecular weight excluding hydrogens is 386 g/mol. The van der Waals surface area contributed by atoms with Crippen molar-refractivity contribution >= 4 is 16.2 Å². The lowest BCUT2D eigenvalue weighted by atomic mass is 10.2. The van der Waals surface area contributed by atoms with Gasteiger partial charge in [-0.05, 0) is 60.2 Å². The van der Waals surface area contributed by atoms with Gasteiger partial charge in [0.25, 0.3) is 10.0 Å². The number of sulfonamides is 1. The van der Waals surface area contributed by atoms with E-state index < -0.39 is 15.8 Å². The summed E-state index contributed by atoms with van der Waals surface area (Å²) in [6.45, 7) is 0.0948. The van der Waals surface area contributed by atoms with Crippen LogP contribution >= 0.6 is 0 Å². The Morgan fingerprint density at radius 3 is 2.29 bits per heavy atom. The Hall–Kier alpha value is -3.26. The SMILES string of the molecule is O=S(=O)(N/N=C/c1ccc(OCc2ccccc2F)cc1)c1ccc(F)cc1. The van der Waals surface area contributed by atoms with Gasteiger partial charge in [0, 0.05) is 5.56 Å². The normalized spacial score (nSPS) is 11.5. The molecule has 0 saturated carbocycles. The van der Waals surface area contributed by atoms with Crippen molar-refractivity contribution in [2.75, 3.05) is 0 Å². The van der Waals surface area contributed by atoms with E-state index >= 15 is 0 Å². The van der Waals surface area contributed by atoms with Crippen molar-refractivity contribution in [2.45, 2.75) is 11.5 Å². The van der Waals surface area contributed by atoms with Gasteiger partial charge in [-0.15, -0.1) is 0 Å². The Kier molecular flexibility index (Phi) is 6.00. The highest BCUT2D eigenvalue weighted by Crippen LogP contribution is 2.15. The number of rotatable bonds is 7. The van der Waals surface area contributed by atoms with Crippen LogP contribution in [0.4, 0.5) is 8.78 Å². The van der Waals surface area contributed by atoms with Gasteiger partial charge in [-0.3, -0.25) is 0 Å². The van der Waals surface area contributed by atoms with Crippen LogP contribution in [0.15, 0.2) is 82.8 Å². The molecule has 0 spiro atoms. The maximum Gasteiger partial charge on any atom is 0.276 e. The molecule has 0 aromatic heterocycles. The quantitative estimate of drug-likeness (QED) is 0.482. The van der Waals surface area contributed by atoms with Gasteiger partial charge in [-0.1, -0.05) is 18.2 Å². The topological polar surface area (TPSA) is 67.8 Å². The van der Waals surface area contributed by atoms with Crippen molar-refractivity contribution in [1.82, 2.24) is 4.83 Å². The Labute approximate surface area is 161 Å². The Morgan fingerprint density at radius 2 is 1.61 bits per heavy atom. The van der Waals surface area contributed by atoms with Crippen LogP contribution in [0.5, 0.6) is 5.75 Å². The molecule has 0 atom stereocenters. The van der Waals surface area contributed by atoms with Crippen LogP contribution in [0.1, 0.15) is 11.1 Å². The number of hydrogen-bond acceptors (Lipinski definition) is 4. The highest BCUT2D eigenvalue weighted by atomic mass is 32.2. The summed E-state index contributed by atoms with van der Waals surface area (Å²) in [6, 6.07) is 17.4. The number of halogens is 2. The maximum atomic E-state index is 13.6. The van der Waals surface area contributed by atoms with Crippen LogP contribution in [0.25, 0.3) is 0 Å². The third kappa shape index (κ3) is 5.14. The van der Waals surface area contributed by atoms with Crippen LogP contribution in [-0.2, 0) is 16.6 Å². The predicted molar refractivity (Wildman–Crippen MR) is 101 cm³/mol. The van der Waals surface area contributed by atoms with E-state index in [9.17, 15) is 17.2 Å². The predicted octanol–water partition coefficient (Wildman–Crippen LogP) is 3.86. The van der Waals surface area contributed by atoms with Crippen molar-refractivity contribution in [2.24, 2.45) is 5.10 Å². The average Bonchev–Trinajstić information content (AvgIpc) is 2.69. The van der Waals surface area contributed by atoms with Gasteiger partial charge in [0.15, 0.2) is 0 Å². The molecule has 0 bridgehead atoms. The zero-order valence-corrected chi connectivity index (χ0v) is 15.4. The zero-order chi connectivity index (χ0) is 20.0. The van der Waals surface area contributed by atoms with Crippen LogP contribution in [0.3, 0.4) is 0 Å². The summed E-state index contributed by atoms with van der Waals surface area (Å²) >= 11 is 0. The third-order valence-electron chi connectivity index (χ3n) is 3.74. The molecule has 28 heavy (non-hydrogen) atoms. The maximum absolute atomic E-state index is 13.6. The standard InChI is InChI=1S/C20H16F2N2O3S/c21-17-7-11-19(12-8-17)28(25,26)24-23-13-15-5-9-18(10-6-15)27-14-16-3-1-2-4-20(16)22/h1-13,24H,14H2/b23-13+. The summed E-state index contributed by atoms with van der Waals surface area (Å²) in [6.07, 6.45) is 1.32. The minimum Gasteiger partial charge on any atom is -0.489 e. The first-order valence-corrected chi connectivity index (χ1v) is 9.69. The summed E-state index contributed by atoms with van der Waals surface area (Å²) in [5.41, 5.74) is 1.07. The lowest BCUT2D eigenvalue weighted by molar-refractivity contribution is 0.300. The molecule has 8 heteroatoms. The van der Waals surface area contributed by atoms with Crippen LogP contribution in [0.2, 0.25) is 0 Å². The molecule has 1 N–H and O–H groups in total. The Bertz CT molecular complexity index is 1070. The van der Waals surface area contributed by atoms with Crippen molar-refractivity contribution in [3.63, 3.8) is 0 Å². The molecule has 0 fully saturated rings. The molecule has 3 rings (SSSR count). The summed E-state index contributed by atoms with van der Waals surface area (Å²) < 4.78 is 56.0. The molecule has 0 aliphatic heterocycles. The van der Waals surface area contributed by atoms with E-state index in [-0.39, 0.29) is 17.3 Å². The molecule has 0 amide bonds. The molecule has 0 radical (unpaired) electrons. The van der Waals surface area contributed by atoms with E-state index in [4.69, 9.17) is 4.74 Å². The van der Waals surface area contributed by atoms with Gasteiger partial charge >= 0.3 is 0 Å². The zero-order valence-electron chi connectivity index (χ0n) is 14.5. The third-order valence-corrected chi connectivity index (χ3v) is 4.98. The van der Waals surface area contributed by atoms with Crippen molar-refractivity contribution in [3.8, 4) is 5.75 Å². The Morgan fingerprint density at radius 1 is 0.929 bits per heavy atom. The minimum absolute atomic E-state index is 0.0945. The fraction of sp³-hybridized carbons (Fsp3) is 0.0500. The second-order valence-corrected chi connectivity index (χ2v) is 7.42. The number of hydrazone groups is 1. The van der Waals surface area contributed by atoms with Gasteiger partial charge in [0.1, 0.15) is 24.0 Å². The fourth-order valence-electron chi connectivity index (χ4n) is 2.26. The van der Waals surface area contributed by atoms with E-state index in [1.165, 1.54) is 12.3 Å². The fourth-order valence-corrected chi connectivity index (χ4v) is 3.05. The van der Waals surface area contributed by atoms with Gasteiger partial charge in [-0.25, -0.2) is 13.6 Å². The second-order valence-electron chi connectivity index (χ2n) is 5.76. The van der Waals surface area contributed by atoms with Gasteiger partial charge in [-0.2, -0.15) is 13.5 Å². The second kappa shape index (κ2) is 8.62. The number of hydrogen-bond donors (Lipinski definition) is 1. The van der Waals surface area contributed by atoms with E-state index in [1.807, 2.05) is 0 Å². The highest BCUT2D eigenvalue weighted by molar-refractivity contribution is 7.89. The molecule has 0 heterocycles. The molecule has 0 aliphatic rings. The number of nitrogens with zero attached hydrogens (tertiary/aromatic N) is 1. The average molecular weight is 402 g/mol. The van der Waals surface area contributed by atoms with Crippen molar-refractivity contribution < 1.29 is 21.9 Å². The first-order chi connectivity index (χ1) is 13.4. The van der Waals surface area contributed by atoms with Gasteiger partial charge in [0.05, 0.1) is 11.1 Å². The largest absolute Gasteiger partial charge is 0.489 e. The van der Waals surface area contributed by atoms with Gasteiger partial charge in [0.2, 0.25) is 0 Å². The summed E-state index contributed by atoms with van der Waals surface area (Å²) in [4.78, 5) is 1.96. The molecule has 5 nitrogen and oxygen atoms in total. The van der Waals surface area contributed by atoms with E-state index in [1.54, 1.807) is 42.5 Å². The Balaban J connectivity index is 1.58. The van der Waals surface area contributed by atoms with Crippen molar-refractivity contribution in [1.29, 1.82) is 0 Å². The molecule has 3 aromatic rings. The lowest BCUT2D eigenvalue weighted by Gasteiger charge is -2.07. The van der Waals surface area contributed by atoms with E-state index in [0.717, 1.165) is 24.3 Å².